The molecule has 2 fully saturated rings. The van der Waals surface area contributed by atoms with Crippen LogP contribution in [-0.4, -0.2) is 39.4 Å². The van der Waals surface area contributed by atoms with Gasteiger partial charge in [0.1, 0.15) is 17.4 Å². The molecule has 1 atom stereocenters. The number of hydrogen-bond acceptors (Lipinski definition) is 4. The van der Waals surface area contributed by atoms with Gasteiger partial charge in [-0.25, -0.2) is 8.78 Å². The van der Waals surface area contributed by atoms with Gasteiger partial charge in [0.05, 0.1) is 13.2 Å². The minimum Gasteiger partial charge on any atom is -0.473 e. The number of hydrogen-bond donors (Lipinski definition) is 0. The van der Waals surface area contributed by atoms with Gasteiger partial charge in [-0.2, -0.15) is 0 Å². The Bertz CT molecular complexity index is 1550. The molecule has 40 heavy (non-hydrogen) atoms. The second kappa shape index (κ2) is 10.3. The molecule has 0 aliphatic carbocycles. The number of benzene rings is 4. The summed E-state index contributed by atoms with van der Waals surface area (Å²) in [5.41, 5.74) is 3.24. The van der Waals surface area contributed by atoms with Crippen molar-refractivity contribution < 1.29 is 18.3 Å². The van der Waals surface area contributed by atoms with Crippen molar-refractivity contribution >= 4 is 28.2 Å². The summed E-state index contributed by atoms with van der Waals surface area (Å²) < 4.78 is 41.8. The lowest BCUT2D eigenvalue weighted by Crippen LogP contribution is -2.37. The van der Waals surface area contributed by atoms with E-state index in [0.29, 0.717) is 24.5 Å². The van der Waals surface area contributed by atoms with Crippen LogP contribution in [0.1, 0.15) is 36.0 Å². The Balaban J connectivity index is 1.38. The molecule has 0 N–H and O–H groups in total. The first-order chi connectivity index (χ1) is 19.6. The van der Waals surface area contributed by atoms with Crippen LogP contribution in [0.4, 0.5) is 20.2 Å². The number of halogens is 2. The van der Waals surface area contributed by atoms with Crippen LogP contribution < -0.4 is 14.5 Å². The highest BCUT2D eigenvalue weighted by Gasteiger charge is 2.39. The highest BCUT2D eigenvalue weighted by atomic mass is 19.1. The normalized spacial score (nSPS) is 20.9. The standard InChI is InChI=1S/C34H32F2N2O2/c35-26-20-25(21-27(36)22-26)34(24-8-10-28(11-9-24)37-14-4-1-5-15-37)13-12-31-29-6-2-3-7-30(29)32(23-33(31)40-34)38-16-18-39-19-17-38/h2-3,6-13,20-23H,1,4-5,14-19H2. The highest BCUT2D eigenvalue weighted by Crippen LogP contribution is 2.47. The summed E-state index contributed by atoms with van der Waals surface area (Å²) in [6.45, 7) is 5.00. The maximum Gasteiger partial charge on any atom is 0.178 e. The molecule has 6 heteroatoms. The van der Waals surface area contributed by atoms with Crippen molar-refractivity contribution in [2.75, 3.05) is 49.2 Å². The quantitative estimate of drug-likeness (QED) is 0.272. The fraction of sp³-hybridized carbons (Fsp3) is 0.294. The Hall–Kier alpha value is -3.90. The number of ether oxygens (including phenoxy) is 2. The van der Waals surface area contributed by atoms with Crippen molar-refractivity contribution in [1.82, 2.24) is 0 Å². The lowest BCUT2D eigenvalue weighted by atomic mass is 9.82. The molecule has 3 aliphatic rings. The fourth-order valence-electron chi connectivity index (χ4n) is 6.40. The third-order valence-corrected chi connectivity index (χ3v) is 8.44. The number of rotatable bonds is 4. The van der Waals surface area contributed by atoms with Crippen molar-refractivity contribution in [1.29, 1.82) is 0 Å². The van der Waals surface area contributed by atoms with Gasteiger partial charge in [-0.3, -0.25) is 0 Å². The molecule has 204 valence electrons. The van der Waals surface area contributed by atoms with E-state index in [0.717, 1.165) is 65.5 Å². The Morgan fingerprint density at radius 3 is 2.10 bits per heavy atom. The lowest BCUT2D eigenvalue weighted by Gasteiger charge is -2.38. The first-order valence-corrected chi connectivity index (χ1v) is 14.2. The van der Waals surface area contributed by atoms with Crippen LogP contribution in [0.15, 0.2) is 78.9 Å². The number of nitrogens with zero attached hydrogens (tertiary/aromatic N) is 2. The van der Waals surface area contributed by atoms with E-state index in [-0.39, 0.29) is 0 Å². The summed E-state index contributed by atoms with van der Waals surface area (Å²) >= 11 is 0. The molecule has 4 aromatic rings. The molecule has 3 heterocycles. The number of fused-ring (bicyclic) bond motifs is 3. The van der Waals surface area contributed by atoms with Crippen LogP contribution in [0.5, 0.6) is 5.75 Å². The van der Waals surface area contributed by atoms with Crippen LogP contribution in [0.25, 0.3) is 16.8 Å². The summed E-state index contributed by atoms with van der Waals surface area (Å²) in [7, 11) is 0. The zero-order valence-corrected chi connectivity index (χ0v) is 22.4. The van der Waals surface area contributed by atoms with E-state index >= 15 is 0 Å². The summed E-state index contributed by atoms with van der Waals surface area (Å²) in [4.78, 5) is 4.72. The first kappa shape index (κ1) is 25.1. The van der Waals surface area contributed by atoms with Crippen molar-refractivity contribution in [2.45, 2.75) is 24.9 Å². The number of anilines is 2. The van der Waals surface area contributed by atoms with Gasteiger partial charge in [-0.05, 0) is 61.1 Å². The smallest absolute Gasteiger partial charge is 0.178 e. The van der Waals surface area contributed by atoms with Crippen molar-refractivity contribution in [3.8, 4) is 5.75 Å². The zero-order valence-electron chi connectivity index (χ0n) is 22.4. The Labute approximate surface area is 233 Å². The molecule has 7 rings (SSSR count). The third kappa shape index (κ3) is 4.40. The third-order valence-electron chi connectivity index (χ3n) is 8.44. The van der Waals surface area contributed by atoms with Crippen LogP contribution in [0, 0.1) is 11.6 Å². The second-order valence-corrected chi connectivity index (χ2v) is 10.9. The van der Waals surface area contributed by atoms with Gasteiger partial charge in [-0.15, -0.1) is 0 Å². The molecular weight excluding hydrogens is 506 g/mol. The maximum absolute atomic E-state index is 14.6. The molecule has 3 aliphatic heterocycles. The van der Waals surface area contributed by atoms with Crippen molar-refractivity contribution in [3.05, 3.63) is 107 Å². The van der Waals surface area contributed by atoms with Gasteiger partial charge in [0.2, 0.25) is 0 Å². The monoisotopic (exact) mass is 538 g/mol. The minimum atomic E-state index is -1.19. The second-order valence-electron chi connectivity index (χ2n) is 10.9. The van der Waals surface area contributed by atoms with E-state index in [1.807, 2.05) is 30.4 Å². The van der Waals surface area contributed by atoms with Gasteiger partial charge in [0.15, 0.2) is 5.60 Å². The highest BCUT2D eigenvalue weighted by molar-refractivity contribution is 6.02. The Morgan fingerprint density at radius 1 is 0.675 bits per heavy atom. The lowest BCUT2D eigenvalue weighted by molar-refractivity contribution is 0.122. The predicted octanol–water partition coefficient (Wildman–Crippen LogP) is 7.29. The van der Waals surface area contributed by atoms with Gasteiger partial charge >= 0.3 is 0 Å². The summed E-state index contributed by atoms with van der Waals surface area (Å²) in [5.74, 6) is -0.572. The molecular formula is C34H32F2N2O2. The molecule has 0 amide bonds. The van der Waals surface area contributed by atoms with E-state index in [4.69, 9.17) is 9.47 Å². The Kier molecular flexibility index (Phi) is 6.43. The molecule has 2 saturated heterocycles. The average molecular weight is 539 g/mol. The number of piperidine rings is 1. The predicted molar refractivity (Wildman–Crippen MR) is 156 cm³/mol. The van der Waals surface area contributed by atoms with Crippen molar-refractivity contribution in [3.63, 3.8) is 0 Å². The van der Waals surface area contributed by atoms with Crippen LogP contribution >= 0.6 is 0 Å². The molecule has 4 aromatic carbocycles. The minimum absolute atomic E-state index is 0.415. The van der Waals surface area contributed by atoms with Gasteiger partial charge < -0.3 is 19.3 Å². The molecule has 0 saturated carbocycles. The molecule has 1 unspecified atom stereocenters. The SMILES string of the molecule is Fc1cc(F)cc(C2(c3ccc(N4CCCCC4)cc3)C=Cc3c(cc(N4CCOCC4)c4ccccc34)O2)c1. The van der Waals surface area contributed by atoms with E-state index in [1.54, 1.807) is 0 Å². The summed E-state index contributed by atoms with van der Waals surface area (Å²) in [6, 6.07) is 22.3. The number of morpholine rings is 1. The van der Waals surface area contributed by atoms with Crippen molar-refractivity contribution in [2.24, 2.45) is 0 Å². The van der Waals surface area contributed by atoms with E-state index in [9.17, 15) is 8.78 Å². The van der Waals surface area contributed by atoms with Crippen LogP contribution in [-0.2, 0) is 10.3 Å². The molecule has 0 bridgehead atoms. The summed E-state index contributed by atoms with van der Waals surface area (Å²) in [6.07, 6.45) is 7.64. The van der Waals surface area contributed by atoms with Gasteiger partial charge in [-0.1, -0.05) is 36.4 Å². The van der Waals surface area contributed by atoms with E-state index < -0.39 is 17.2 Å². The largest absolute Gasteiger partial charge is 0.473 e. The zero-order chi connectivity index (χ0) is 27.1. The van der Waals surface area contributed by atoms with Gasteiger partial charge in [0, 0.05) is 71.8 Å². The fourth-order valence-corrected chi connectivity index (χ4v) is 6.40. The van der Waals surface area contributed by atoms with Gasteiger partial charge in [0.25, 0.3) is 0 Å². The first-order valence-electron chi connectivity index (χ1n) is 14.2. The topological polar surface area (TPSA) is 24.9 Å². The Morgan fingerprint density at radius 2 is 1.38 bits per heavy atom. The van der Waals surface area contributed by atoms with E-state index in [2.05, 4.69) is 46.2 Å². The average Bonchev–Trinajstić information content (AvgIpc) is 3.01. The molecule has 0 radical (unpaired) electrons. The molecule has 4 nitrogen and oxygen atoms in total. The van der Waals surface area contributed by atoms with Crippen LogP contribution in [0.2, 0.25) is 0 Å². The van der Waals surface area contributed by atoms with E-state index in [1.165, 1.54) is 31.4 Å². The maximum atomic E-state index is 14.6. The molecule has 0 spiro atoms. The van der Waals surface area contributed by atoms with Crippen LogP contribution in [0.3, 0.4) is 0 Å². The summed E-state index contributed by atoms with van der Waals surface area (Å²) in [5, 5.41) is 2.23. The molecule has 0 aromatic heterocycles.